The van der Waals surface area contributed by atoms with Crippen LogP contribution in [0.2, 0.25) is 0 Å². The lowest BCUT2D eigenvalue weighted by molar-refractivity contribution is -0.135. The van der Waals surface area contributed by atoms with Gasteiger partial charge in [0.15, 0.2) is 0 Å². The summed E-state index contributed by atoms with van der Waals surface area (Å²) in [5.74, 6) is 0.890. The Morgan fingerprint density at radius 2 is 2.25 bits per heavy atom. The maximum Gasteiger partial charge on any atom is 0.133 e. The van der Waals surface area contributed by atoms with Gasteiger partial charge in [-0.05, 0) is 24.7 Å². The highest BCUT2D eigenvalue weighted by Crippen LogP contribution is 2.52. The van der Waals surface area contributed by atoms with Crippen LogP contribution in [0.4, 0.5) is 0 Å². The lowest BCUT2D eigenvalue weighted by atomic mass is 9.53. The van der Waals surface area contributed by atoms with Crippen molar-refractivity contribution in [1.29, 1.82) is 5.26 Å². The zero-order chi connectivity index (χ0) is 9.35. The second kappa shape index (κ2) is 2.90. The standard InChI is InChI=1S/C10H15NO/c1-7(12)9-6-8(4-5-11)10(9,2)3/h8-9H,4,6H2,1-3H3/t8-,9-/m0/s1. The van der Waals surface area contributed by atoms with Crippen molar-refractivity contribution in [2.24, 2.45) is 17.3 Å². The van der Waals surface area contributed by atoms with Crippen molar-refractivity contribution >= 4 is 5.78 Å². The average molecular weight is 165 g/mol. The van der Waals surface area contributed by atoms with Gasteiger partial charge in [0.05, 0.1) is 6.07 Å². The van der Waals surface area contributed by atoms with E-state index in [0.29, 0.717) is 12.3 Å². The van der Waals surface area contributed by atoms with Crippen LogP contribution in [0.25, 0.3) is 0 Å². The van der Waals surface area contributed by atoms with E-state index in [1.54, 1.807) is 6.92 Å². The van der Waals surface area contributed by atoms with Crippen LogP contribution in [0.5, 0.6) is 0 Å². The van der Waals surface area contributed by atoms with E-state index in [-0.39, 0.29) is 17.1 Å². The minimum absolute atomic E-state index is 0.0571. The topological polar surface area (TPSA) is 40.9 Å². The molecule has 0 aromatic carbocycles. The maximum atomic E-state index is 11.1. The quantitative estimate of drug-likeness (QED) is 0.629. The molecule has 0 unspecified atom stereocenters. The van der Waals surface area contributed by atoms with E-state index in [1.165, 1.54) is 0 Å². The molecule has 0 amide bonds. The lowest BCUT2D eigenvalue weighted by Crippen LogP contribution is -2.47. The zero-order valence-corrected chi connectivity index (χ0v) is 7.92. The number of hydrogen-bond acceptors (Lipinski definition) is 2. The number of carbonyl (C=O) groups is 1. The summed E-state index contributed by atoms with van der Waals surface area (Å²) in [6.07, 6.45) is 1.51. The number of Topliss-reactive ketones (excluding diaryl/α,β-unsaturated/α-hetero) is 1. The molecule has 66 valence electrons. The highest BCUT2D eigenvalue weighted by molar-refractivity contribution is 5.80. The second-order valence-electron chi connectivity index (χ2n) is 4.28. The molecule has 1 aliphatic rings. The lowest BCUT2D eigenvalue weighted by Gasteiger charge is -2.50. The van der Waals surface area contributed by atoms with Crippen LogP contribution in [-0.2, 0) is 4.79 Å². The molecule has 1 rings (SSSR count). The molecule has 2 nitrogen and oxygen atoms in total. The number of ketones is 1. The molecule has 1 aliphatic carbocycles. The van der Waals surface area contributed by atoms with Gasteiger partial charge < -0.3 is 0 Å². The predicted molar refractivity (Wildman–Crippen MR) is 46.3 cm³/mol. The monoisotopic (exact) mass is 165 g/mol. The maximum absolute atomic E-state index is 11.1. The first-order chi connectivity index (χ1) is 5.50. The van der Waals surface area contributed by atoms with E-state index in [1.807, 2.05) is 0 Å². The SMILES string of the molecule is CC(=O)[C@@H]1C[C@H](CC#N)C1(C)C. The Labute approximate surface area is 73.6 Å². The third-order valence-corrected chi connectivity index (χ3v) is 3.30. The van der Waals surface area contributed by atoms with Crippen molar-refractivity contribution < 1.29 is 4.79 Å². The van der Waals surface area contributed by atoms with Gasteiger partial charge in [0.1, 0.15) is 5.78 Å². The number of nitrogens with zero attached hydrogens (tertiary/aromatic N) is 1. The molecular formula is C10H15NO. The Bertz CT molecular complexity index is 237. The van der Waals surface area contributed by atoms with Gasteiger partial charge in [-0.1, -0.05) is 13.8 Å². The summed E-state index contributed by atoms with van der Waals surface area (Å²) in [7, 11) is 0. The van der Waals surface area contributed by atoms with Crippen molar-refractivity contribution in [3.8, 4) is 6.07 Å². The number of nitriles is 1. The summed E-state index contributed by atoms with van der Waals surface area (Å²) in [6.45, 7) is 5.82. The van der Waals surface area contributed by atoms with Gasteiger partial charge in [-0.15, -0.1) is 0 Å². The smallest absolute Gasteiger partial charge is 0.133 e. The number of rotatable bonds is 2. The average Bonchev–Trinajstić information content (AvgIpc) is 1.96. The van der Waals surface area contributed by atoms with Gasteiger partial charge in [0.2, 0.25) is 0 Å². The summed E-state index contributed by atoms with van der Waals surface area (Å²) in [4.78, 5) is 11.1. The molecule has 0 aromatic rings. The fraction of sp³-hybridized carbons (Fsp3) is 0.800. The van der Waals surface area contributed by atoms with Gasteiger partial charge in [0.25, 0.3) is 0 Å². The molecule has 0 saturated heterocycles. The molecule has 12 heavy (non-hydrogen) atoms. The van der Waals surface area contributed by atoms with E-state index >= 15 is 0 Å². The third-order valence-electron chi connectivity index (χ3n) is 3.30. The van der Waals surface area contributed by atoms with Crippen LogP contribution >= 0.6 is 0 Å². The van der Waals surface area contributed by atoms with Gasteiger partial charge in [-0.25, -0.2) is 0 Å². The molecule has 1 saturated carbocycles. The Morgan fingerprint density at radius 3 is 2.58 bits per heavy atom. The van der Waals surface area contributed by atoms with Crippen LogP contribution in [0.1, 0.15) is 33.6 Å². The Morgan fingerprint density at radius 1 is 1.67 bits per heavy atom. The Balaban J connectivity index is 2.61. The van der Waals surface area contributed by atoms with Crippen molar-refractivity contribution in [2.45, 2.75) is 33.6 Å². The highest BCUT2D eigenvalue weighted by Gasteiger charge is 2.49. The van der Waals surface area contributed by atoms with Crippen LogP contribution in [0.3, 0.4) is 0 Å². The summed E-state index contributed by atoms with van der Waals surface area (Å²) in [5, 5.41) is 8.52. The van der Waals surface area contributed by atoms with Crippen LogP contribution in [0, 0.1) is 28.6 Å². The van der Waals surface area contributed by atoms with Crippen LogP contribution in [-0.4, -0.2) is 5.78 Å². The van der Waals surface area contributed by atoms with Crippen molar-refractivity contribution in [1.82, 2.24) is 0 Å². The molecule has 0 aliphatic heterocycles. The molecule has 0 aromatic heterocycles. The van der Waals surface area contributed by atoms with E-state index in [4.69, 9.17) is 5.26 Å². The fourth-order valence-corrected chi connectivity index (χ4v) is 2.16. The first-order valence-corrected chi connectivity index (χ1v) is 4.37. The number of carbonyl (C=O) groups excluding carboxylic acids is 1. The molecule has 0 spiro atoms. The van der Waals surface area contributed by atoms with E-state index in [0.717, 1.165) is 6.42 Å². The van der Waals surface area contributed by atoms with Gasteiger partial charge in [0, 0.05) is 12.3 Å². The van der Waals surface area contributed by atoms with Gasteiger partial charge in [-0.3, -0.25) is 4.79 Å². The van der Waals surface area contributed by atoms with E-state index in [2.05, 4.69) is 19.9 Å². The fourth-order valence-electron chi connectivity index (χ4n) is 2.16. The largest absolute Gasteiger partial charge is 0.300 e. The molecule has 0 radical (unpaired) electrons. The number of hydrogen-bond donors (Lipinski definition) is 0. The summed E-state index contributed by atoms with van der Waals surface area (Å²) < 4.78 is 0. The summed E-state index contributed by atoms with van der Waals surface area (Å²) in [6, 6.07) is 2.17. The minimum atomic E-state index is 0.0571. The van der Waals surface area contributed by atoms with Crippen LogP contribution in [0.15, 0.2) is 0 Å². The van der Waals surface area contributed by atoms with Gasteiger partial charge in [-0.2, -0.15) is 5.26 Å². The Hall–Kier alpha value is -0.840. The molecule has 1 fully saturated rings. The third kappa shape index (κ3) is 1.24. The molecule has 0 bridgehead atoms. The Kier molecular flexibility index (Phi) is 2.23. The minimum Gasteiger partial charge on any atom is -0.300 e. The van der Waals surface area contributed by atoms with Crippen molar-refractivity contribution in [3.63, 3.8) is 0 Å². The summed E-state index contributed by atoms with van der Waals surface area (Å²) in [5.41, 5.74) is 0.0571. The van der Waals surface area contributed by atoms with Gasteiger partial charge >= 0.3 is 0 Å². The molecule has 0 N–H and O–H groups in total. The second-order valence-corrected chi connectivity index (χ2v) is 4.28. The molecule has 2 atom stereocenters. The van der Waals surface area contributed by atoms with Crippen molar-refractivity contribution in [3.05, 3.63) is 0 Å². The first-order valence-electron chi connectivity index (χ1n) is 4.37. The summed E-state index contributed by atoms with van der Waals surface area (Å²) >= 11 is 0. The molecule has 0 heterocycles. The zero-order valence-electron chi connectivity index (χ0n) is 7.92. The molecule has 2 heteroatoms. The van der Waals surface area contributed by atoms with Crippen molar-refractivity contribution in [2.75, 3.05) is 0 Å². The van der Waals surface area contributed by atoms with E-state index in [9.17, 15) is 4.79 Å². The van der Waals surface area contributed by atoms with Crippen LogP contribution < -0.4 is 0 Å². The van der Waals surface area contributed by atoms with E-state index < -0.39 is 0 Å². The normalized spacial score (nSPS) is 31.8. The predicted octanol–water partition coefficient (Wildman–Crippen LogP) is 2.15. The highest BCUT2D eigenvalue weighted by atomic mass is 16.1. The molecular weight excluding hydrogens is 150 g/mol. The first kappa shape index (κ1) is 9.25.